The number of carbonyl (C=O) groups excluding carboxylic acids is 1. The number of halogens is 1. The maximum Gasteiger partial charge on any atom is 0.330 e. The van der Waals surface area contributed by atoms with Crippen molar-refractivity contribution in [2.24, 2.45) is 0 Å². The molecule has 138 valence electrons. The highest BCUT2D eigenvalue weighted by Crippen LogP contribution is 2.35. The number of nitrogens with two attached hydrogens (primary N) is 1. The molecular formula is C16H14ClN7O3. The van der Waals surface area contributed by atoms with E-state index in [1.54, 1.807) is 24.3 Å². The molecule has 0 spiro atoms. The van der Waals surface area contributed by atoms with E-state index < -0.39 is 17.0 Å². The minimum absolute atomic E-state index is 0.0816. The van der Waals surface area contributed by atoms with Crippen molar-refractivity contribution in [2.45, 2.75) is 25.4 Å². The lowest BCUT2D eigenvalue weighted by molar-refractivity contribution is 0.0960. The Balaban J connectivity index is 1.62. The van der Waals surface area contributed by atoms with Crippen LogP contribution in [0.4, 0.5) is 5.82 Å². The van der Waals surface area contributed by atoms with E-state index in [0.29, 0.717) is 16.4 Å². The van der Waals surface area contributed by atoms with Crippen LogP contribution in [0.25, 0.3) is 11.4 Å². The van der Waals surface area contributed by atoms with Crippen molar-refractivity contribution in [3.8, 4) is 11.4 Å². The molecule has 10 nitrogen and oxygen atoms in total. The van der Waals surface area contributed by atoms with Crippen LogP contribution < -0.4 is 17.0 Å². The molecule has 11 heteroatoms. The predicted octanol–water partition coefficient (Wildman–Crippen LogP) is 0.643. The van der Waals surface area contributed by atoms with E-state index in [9.17, 15) is 14.4 Å². The lowest BCUT2D eigenvalue weighted by Crippen LogP contribution is -2.36. The fraction of sp³-hybridized carbons (Fsp3) is 0.250. The molecule has 0 aliphatic heterocycles. The third kappa shape index (κ3) is 3.26. The van der Waals surface area contributed by atoms with Crippen LogP contribution >= 0.6 is 11.6 Å². The van der Waals surface area contributed by atoms with E-state index in [1.807, 2.05) is 0 Å². The number of aromatic amines is 1. The van der Waals surface area contributed by atoms with Crippen LogP contribution in [0, 0.1) is 0 Å². The zero-order valence-corrected chi connectivity index (χ0v) is 14.7. The number of hydrogen-bond donors (Lipinski definition) is 2. The van der Waals surface area contributed by atoms with Crippen LogP contribution in [0.5, 0.6) is 0 Å². The third-order valence-corrected chi connectivity index (χ3v) is 4.47. The summed E-state index contributed by atoms with van der Waals surface area (Å²) in [5, 5.41) is 12.4. The normalized spacial score (nSPS) is 13.7. The first kappa shape index (κ1) is 17.2. The maximum absolute atomic E-state index is 12.6. The molecule has 0 unspecified atom stereocenters. The van der Waals surface area contributed by atoms with Gasteiger partial charge in [-0.15, -0.1) is 10.2 Å². The van der Waals surface area contributed by atoms with Crippen molar-refractivity contribution in [3.05, 3.63) is 55.7 Å². The number of ketones is 1. The van der Waals surface area contributed by atoms with Gasteiger partial charge in [0.25, 0.3) is 5.56 Å². The average molecular weight is 388 g/mol. The zero-order chi connectivity index (χ0) is 19.1. The molecule has 3 aromatic rings. The minimum Gasteiger partial charge on any atom is -0.384 e. The van der Waals surface area contributed by atoms with Crippen molar-refractivity contribution >= 4 is 23.2 Å². The summed E-state index contributed by atoms with van der Waals surface area (Å²) >= 11 is 5.85. The molecular weight excluding hydrogens is 374 g/mol. The van der Waals surface area contributed by atoms with Crippen molar-refractivity contribution in [1.82, 2.24) is 29.8 Å². The summed E-state index contributed by atoms with van der Waals surface area (Å²) in [6.07, 6.45) is 1.55. The van der Waals surface area contributed by atoms with Gasteiger partial charge in [-0.25, -0.2) is 4.79 Å². The number of aromatic nitrogens is 6. The van der Waals surface area contributed by atoms with Crippen LogP contribution in [0.3, 0.4) is 0 Å². The second kappa shape index (κ2) is 6.47. The highest BCUT2D eigenvalue weighted by atomic mass is 35.5. The average Bonchev–Trinajstić information content (AvgIpc) is 3.33. The van der Waals surface area contributed by atoms with Gasteiger partial charge < -0.3 is 5.73 Å². The van der Waals surface area contributed by atoms with Crippen molar-refractivity contribution in [1.29, 1.82) is 0 Å². The van der Waals surface area contributed by atoms with E-state index in [1.165, 1.54) is 4.57 Å². The second-order valence-electron chi connectivity index (χ2n) is 6.19. The van der Waals surface area contributed by atoms with Gasteiger partial charge in [-0.1, -0.05) is 11.6 Å². The highest BCUT2D eigenvalue weighted by molar-refractivity contribution is 6.30. The molecule has 1 aromatic carbocycles. The standard InChI is InChI=1S/C16H14ClN7O3/c17-9-3-1-8(2-4-9)14-20-22-23(21-14)7-11(25)12-13(18)24(10-5-6-10)16(27)19-15(12)26/h1-4,10H,5-7,18H2,(H,19,26,27). The van der Waals surface area contributed by atoms with Crippen LogP contribution in [-0.4, -0.2) is 35.5 Å². The summed E-state index contributed by atoms with van der Waals surface area (Å²) in [5.74, 6) is -0.429. The number of nitrogen functional groups attached to an aromatic ring is 1. The van der Waals surface area contributed by atoms with Gasteiger partial charge in [-0.3, -0.25) is 19.1 Å². The number of benzene rings is 1. The van der Waals surface area contributed by atoms with Gasteiger partial charge >= 0.3 is 5.69 Å². The molecule has 2 heterocycles. The number of rotatable bonds is 5. The van der Waals surface area contributed by atoms with Crippen molar-refractivity contribution in [3.63, 3.8) is 0 Å². The lowest BCUT2D eigenvalue weighted by atomic mass is 10.2. The Morgan fingerprint density at radius 1 is 1.26 bits per heavy atom. The fourth-order valence-electron chi connectivity index (χ4n) is 2.76. The highest BCUT2D eigenvalue weighted by Gasteiger charge is 2.30. The van der Waals surface area contributed by atoms with Gasteiger partial charge in [0, 0.05) is 16.6 Å². The summed E-state index contributed by atoms with van der Waals surface area (Å²) in [5.41, 5.74) is 4.91. The van der Waals surface area contributed by atoms with Crippen LogP contribution in [0.2, 0.25) is 5.02 Å². The Labute approximate surface area is 156 Å². The summed E-state index contributed by atoms with van der Waals surface area (Å²) in [6.45, 7) is -0.337. The first-order valence-electron chi connectivity index (χ1n) is 8.15. The number of carbonyl (C=O) groups is 1. The fourth-order valence-corrected chi connectivity index (χ4v) is 2.89. The first-order valence-corrected chi connectivity index (χ1v) is 8.53. The number of tetrazole rings is 1. The van der Waals surface area contributed by atoms with E-state index >= 15 is 0 Å². The lowest BCUT2D eigenvalue weighted by Gasteiger charge is -2.10. The minimum atomic E-state index is -0.822. The summed E-state index contributed by atoms with van der Waals surface area (Å²) in [7, 11) is 0. The molecule has 0 saturated heterocycles. The van der Waals surface area contributed by atoms with Crippen LogP contribution in [0.1, 0.15) is 29.2 Å². The third-order valence-electron chi connectivity index (χ3n) is 4.21. The van der Waals surface area contributed by atoms with Gasteiger partial charge in [-0.2, -0.15) is 4.80 Å². The van der Waals surface area contributed by atoms with Gasteiger partial charge in [0.15, 0.2) is 5.78 Å². The molecule has 1 aliphatic carbocycles. The predicted molar refractivity (Wildman–Crippen MR) is 96.6 cm³/mol. The molecule has 27 heavy (non-hydrogen) atoms. The molecule has 1 saturated carbocycles. The summed E-state index contributed by atoms with van der Waals surface area (Å²) < 4.78 is 1.25. The number of Topliss-reactive ketones (excluding diaryl/α,β-unsaturated/α-hetero) is 1. The summed E-state index contributed by atoms with van der Waals surface area (Å²) in [4.78, 5) is 39.8. The van der Waals surface area contributed by atoms with E-state index in [2.05, 4.69) is 20.4 Å². The number of anilines is 1. The molecule has 0 radical (unpaired) electrons. The molecule has 0 atom stereocenters. The smallest absolute Gasteiger partial charge is 0.330 e. The van der Waals surface area contributed by atoms with Gasteiger partial charge in [0.05, 0.1) is 0 Å². The quantitative estimate of drug-likeness (QED) is 0.612. The molecule has 1 fully saturated rings. The Bertz CT molecular complexity index is 1140. The number of hydrogen-bond acceptors (Lipinski definition) is 7. The Morgan fingerprint density at radius 2 is 1.96 bits per heavy atom. The molecule has 0 amide bonds. The molecule has 1 aliphatic rings. The van der Waals surface area contributed by atoms with Gasteiger partial charge in [-0.05, 0) is 42.3 Å². The van der Waals surface area contributed by atoms with Crippen molar-refractivity contribution < 1.29 is 4.79 Å². The van der Waals surface area contributed by atoms with Crippen molar-refractivity contribution in [2.75, 3.05) is 5.73 Å². The van der Waals surface area contributed by atoms with Crippen LogP contribution in [-0.2, 0) is 6.54 Å². The van der Waals surface area contributed by atoms with E-state index in [0.717, 1.165) is 17.6 Å². The second-order valence-corrected chi connectivity index (χ2v) is 6.63. The number of nitrogens with zero attached hydrogens (tertiary/aromatic N) is 5. The van der Waals surface area contributed by atoms with E-state index in [-0.39, 0.29) is 24.0 Å². The first-order chi connectivity index (χ1) is 12.9. The van der Waals surface area contributed by atoms with E-state index in [4.69, 9.17) is 17.3 Å². The van der Waals surface area contributed by atoms with Crippen LogP contribution in [0.15, 0.2) is 33.9 Å². The molecule has 4 rings (SSSR count). The monoisotopic (exact) mass is 387 g/mol. The number of nitrogens with one attached hydrogen (secondary N) is 1. The molecule has 2 aromatic heterocycles. The SMILES string of the molecule is Nc1c(C(=O)Cn2nnc(-c3ccc(Cl)cc3)n2)c(=O)[nH]c(=O)n1C1CC1. The Hall–Kier alpha value is -3.27. The van der Waals surface area contributed by atoms with Gasteiger partial charge in [0.2, 0.25) is 5.82 Å². The molecule has 3 N–H and O–H groups in total. The molecule has 0 bridgehead atoms. The maximum atomic E-state index is 12.6. The topological polar surface area (TPSA) is 142 Å². The number of H-pyrrole nitrogens is 1. The zero-order valence-electron chi connectivity index (χ0n) is 13.9. The van der Waals surface area contributed by atoms with Gasteiger partial charge in [0.1, 0.15) is 17.9 Å². The summed E-state index contributed by atoms with van der Waals surface area (Å²) in [6, 6.07) is 6.73. The largest absolute Gasteiger partial charge is 0.384 e. The Kier molecular flexibility index (Phi) is 4.11. The Morgan fingerprint density at radius 3 is 2.63 bits per heavy atom.